The number of ether oxygens (including phenoxy) is 1. The topological polar surface area (TPSA) is 29.5 Å². The maximum atomic E-state index is 12.3. The number of hydrogen-bond donors (Lipinski definition) is 0. The van der Waals surface area contributed by atoms with E-state index in [-0.39, 0.29) is 5.78 Å². The number of methoxy groups -OCH3 is 1. The summed E-state index contributed by atoms with van der Waals surface area (Å²) in [4.78, 5) is 14.2. The van der Waals surface area contributed by atoms with E-state index in [2.05, 4.69) is 31.2 Å². The van der Waals surface area contributed by atoms with Crippen LogP contribution in [0.2, 0.25) is 0 Å². The first kappa shape index (κ1) is 15.1. The fourth-order valence-electron chi connectivity index (χ4n) is 2.16. The van der Waals surface area contributed by atoms with Gasteiger partial charge < -0.3 is 9.64 Å². The number of aryl methyl sites for hydroxylation is 1. The van der Waals surface area contributed by atoms with Crippen LogP contribution in [0.1, 0.15) is 22.8 Å². The second kappa shape index (κ2) is 6.93. The molecule has 0 saturated carbocycles. The van der Waals surface area contributed by atoms with E-state index in [1.807, 2.05) is 24.1 Å². The van der Waals surface area contributed by atoms with Crippen LogP contribution in [-0.4, -0.2) is 26.5 Å². The zero-order valence-corrected chi connectivity index (χ0v) is 12.8. The van der Waals surface area contributed by atoms with Crippen LogP contribution in [-0.2, 0) is 6.42 Å². The first-order valence-corrected chi connectivity index (χ1v) is 7.11. The zero-order valence-electron chi connectivity index (χ0n) is 12.8. The number of Topliss-reactive ketones (excluding diaryl/α,β-unsaturated/α-hetero) is 1. The quantitative estimate of drug-likeness (QED) is 0.759. The molecule has 0 atom stereocenters. The van der Waals surface area contributed by atoms with Crippen molar-refractivity contribution < 1.29 is 9.53 Å². The van der Waals surface area contributed by atoms with Gasteiger partial charge in [0.25, 0.3) is 0 Å². The Bertz CT molecular complexity index is 588. The molecule has 0 heterocycles. The lowest BCUT2D eigenvalue weighted by Gasteiger charge is -2.18. The van der Waals surface area contributed by atoms with Gasteiger partial charge in [-0.05, 0) is 48.4 Å². The second-order valence-electron chi connectivity index (χ2n) is 5.03. The molecule has 3 nitrogen and oxygen atoms in total. The lowest BCUT2D eigenvalue weighted by molar-refractivity contribution is 0.100. The summed E-state index contributed by atoms with van der Waals surface area (Å²) in [5.74, 6) is 0.856. The van der Waals surface area contributed by atoms with Gasteiger partial charge in [-0.25, -0.2) is 0 Å². The van der Waals surface area contributed by atoms with Crippen molar-refractivity contribution in [2.45, 2.75) is 13.3 Å². The van der Waals surface area contributed by atoms with Crippen molar-refractivity contribution in [1.29, 1.82) is 0 Å². The molecule has 0 saturated heterocycles. The molecule has 2 rings (SSSR count). The van der Waals surface area contributed by atoms with E-state index >= 15 is 0 Å². The maximum Gasteiger partial charge on any atom is 0.182 e. The van der Waals surface area contributed by atoms with Gasteiger partial charge in [0.05, 0.1) is 13.7 Å². The Morgan fingerprint density at radius 2 is 1.67 bits per heavy atom. The highest BCUT2D eigenvalue weighted by Crippen LogP contribution is 2.16. The predicted octanol–water partition coefficient (Wildman–Crippen LogP) is 3.58. The monoisotopic (exact) mass is 283 g/mol. The first-order valence-electron chi connectivity index (χ1n) is 7.11. The third-order valence-corrected chi connectivity index (χ3v) is 3.58. The predicted molar refractivity (Wildman–Crippen MR) is 86.4 cm³/mol. The number of nitrogens with zero attached hydrogens (tertiary/aromatic N) is 1. The van der Waals surface area contributed by atoms with E-state index in [1.165, 1.54) is 5.56 Å². The van der Waals surface area contributed by atoms with Crippen molar-refractivity contribution >= 4 is 11.5 Å². The molecule has 0 fully saturated rings. The van der Waals surface area contributed by atoms with Crippen LogP contribution in [0.25, 0.3) is 0 Å². The number of likely N-dealkylation sites (N-methyl/N-ethyl adjacent to an activating group) is 1. The highest BCUT2D eigenvalue weighted by atomic mass is 16.5. The van der Waals surface area contributed by atoms with Gasteiger partial charge in [0, 0.05) is 18.3 Å². The number of carbonyl (C=O) groups is 1. The smallest absolute Gasteiger partial charge is 0.182 e. The third-order valence-electron chi connectivity index (χ3n) is 3.58. The number of benzene rings is 2. The van der Waals surface area contributed by atoms with Crippen molar-refractivity contribution in [2.24, 2.45) is 0 Å². The Kier molecular flexibility index (Phi) is 4.99. The summed E-state index contributed by atoms with van der Waals surface area (Å²) in [6, 6.07) is 15.5. The minimum absolute atomic E-state index is 0.0970. The van der Waals surface area contributed by atoms with Gasteiger partial charge in [-0.2, -0.15) is 0 Å². The fraction of sp³-hybridized carbons (Fsp3) is 0.278. The second-order valence-corrected chi connectivity index (χ2v) is 5.03. The maximum absolute atomic E-state index is 12.3. The molecule has 2 aromatic rings. The molecule has 0 amide bonds. The molecular formula is C18H21NO2. The number of carbonyl (C=O) groups excluding carboxylic acids is 1. The number of hydrogen-bond acceptors (Lipinski definition) is 3. The van der Waals surface area contributed by atoms with E-state index in [4.69, 9.17) is 4.74 Å². The van der Waals surface area contributed by atoms with Gasteiger partial charge in [0.2, 0.25) is 0 Å². The number of rotatable bonds is 6. The molecule has 0 aromatic heterocycles. The SMILES string of the molecule is CCc1ccc(N(C)CC(=O)c2ccc(OC)cc2)cc1. The molecule has 0 aliphatic carbocycles. The molecule has 0 unspecified atom stereocenters. The Labute approximate surface area is 126 Å². The van der Waals surface area contributed by atoms with Gasteiger partial charge in [-0.15, -0.1) is 0 Å². The largest absolute Gasteiger partial charge is 0.497 e. The van der Waals surface area contributed by atoms with Crippen LogP contribution in [0.3, 0.4) is 0 Å². The average Bonchev–Trinajstić information content (AvgIpc) is 2.55. The molecular weight excluding hydrogens is 262 g/mol. The highest BCUT2D eigenvalue weighted by Gasteiger charge is 2.10. The summed E-state index contributed by atoms with van der Waals surface area (Å²) in [7, 11) is 3.55. The molecule has 0 radical (unpaired) electrons. The summed E-state index contributed by atoms with van der Waals surface area (Å²) in [6.07, 6.45) is 1.02. The van der Waals surface area contributed by atoms with Crippen LogP contribution < -0.4 is 9.64 Å². The van der Waals surface area contributed by atoms with Crippen molar-refractivity contribution in [3.63, 3.8) is 0 Å². The van der Waals surface area contributed by atoms with E-state index in [1.54, 1.807) is 19.2 Å². The minimum Gasteiger partial charge on any atom is -0.497 e. The van der Waals surface area contributed by atoms with Gasteiger partial charge in [0.1, 0.15) is 5.75 Å². The Balaban J connectivity index is 2.03. The first-order chi connectivity index (χ1) is 10.1. The van der Waals surface area contributed by atoms with Gasteiger partial charge in [-0.3, -0.25) is 4.79 Å². The molecule has 2 aromatic carbocycles. The number of anilines is 1. The summed E-state index contributed by atoms with van der Waals surface area (Å²) < 4.78 is 5.10. The lowest BCUT2D eigenvalue weighted by atomic mass is 10.1. The Morgan fingerprint density at radius 3 is 2.19 bits per heavy atom. The van der Waals surface area contributed by atoms with E-state index in [9.17, 15) is 4.79 Å². The standard InChI is InChI=1S/C18H21NO2/c1-4-14-5-9-16(10-6-14)19(2)13-18(20)15-7-11-17(21-3)12-8-15/h5-12H,4,13H2,1-3H3. The summed E-state index contributed by atoms with van der Waals surface area (Å²) >= 11 is 0. The molecule has 0 aliphatic heterocycles. The van der Waals surface area contributed by atoms with Gasteiger partial charge >= 0.3 is 0 Å². The molecule has 0 aliphatic rings. The third kappa shape index (κ3) is 3.85. The molecule has 21 heavy (non-hydrogen) atoms. The zero-order chi connectivity index (χ0) is 15.2. The normalized spacial score (nSPS) is 10.2. The Hall–Kier alpha value is -2.29. The van der Waals surface area contributed by atoms with Crippen LogP contribution >= 0.6 is 0 Å². The van der Waals surface area contributed by atoms with Crippen LogP contribution in [0.5, 0.6) is 5.75 Å². The van der Waals surface area contributed by atoms with Crippen LogP contribution in [0, 0.1) is 0 Å². The van der Waals surface area contributed by atoms with Gasteiger partial charge in [0.15, 0.2) is 5.78 Å². The van der Waals surface area contributed by atoms with Crippen molar-refractivity contribution in [1.82, 2.24) is 0 Å². The molecule has 0 N–H and O–H groups in total. The van der Waals surface area contributed by atoms with E-state index < -0.39 is 0 Å². The fourth-order valence-corrected chi connectivity index (χ4v) is 2.16. The lowest BCUT2D eigenvalue weighted by Crippen LogP contribution is -2.25. The van der Waals surface area contributed by atoms with Gasteiger partial charge in [-0.1, -0.05) is 19.1 Å². The Morgan fingerprint density at radius 1 is 1.05 bits per heavy atom. The highest BCUT2D eigenvalue weighted by molar-refractivity contribution is 5.99. The summed E-state index contributed by atoms with van der Waals surface area (Å²) in [5.41, 5.74) is 3.05. The number of ketones is 1. The molecule has 0 spiro atoms. The van der Waals surface area contributed by atoms with Crippen LogP contribution in [0.15, 0.2) is 48.5 Å². The van der Waals surface area contributed by atoms with E-state index in [0.717, 1.165) is 17.9 Å². The summed E-state index contributed by atoms with van der Waals surface area (Å²) in [6.45, 7) is 2.49. The molecule has 3 heteroatoms. The molecule has 0 bridgehead atoms. The summed E-state index contributed by atoms with van der Waals surface area (Å²) in [5, 5.41) is 0. The minimum atomic E-state index is 0.0970. The van der Waals surface area contributed by atoms with Crippen molar-refractivity contribution in [2.75, 3.05) is 25.6 Å². The van der Waals surface area contributed by atoms with Crippen LogP contribution in [0.4, 0.5) is 5.69 Å². The van der Waals surface area contributed by atoms with Crippen molar-refractivity contribution in [3.8, 4) is 5.75 Å². The average molecular weight is 283 g/mol. The molecule has 110 valence electrons. The van der Waals surface area contributed by atoms with E-state index in [0.29, 0.717) is 12.1 Å². The van der Waals surface area contributed by atoms with Crippen molar-refractivity contribution in [3.05, 3.63) is 59.7 Å².